The SMILES string of the molecule is O=C(C1CC1)N1CCCC(Oc2ncc(F)cn2)C1. The molecule has 3 rings (SSSR count). The van der Waals surface area contributed by atoms with E-state index in [1.807, 2.05) is 4.90 Å². The maximum atomic E-state index is 12.7. The van der Waals surface area contributed by atoms with Gasteiger partial charge in [0.05, 0.1) is 18.9 Å². The Balaban J connectivity index is 1.58. The molecule has 0 N–H and O–H groups in total. The number of hydrogen-bond donors (Lipinski definition) is 0. The van der Waals surface area contributed by atoms with Crippen molar-refractivity contribution in [3.63, 3.8) is 0 Å². The predicted molar refractivity (Wildman–Crippen MR) is 64.9 cm³/mol. The number of piperidine rings is 1. The first-order valence-corrected chi connectivity index (χ1v) is 6.65. The molecule has 2 heterocycles. The molecule has 1 saturated heterocycles. The number of halogens is 1. The van der Waals surface area contributed by atoms with Crippen LogP contribution in [0.5, 0.6) is 6.01 Å². The maximum absolute atomic E-state index is 12.7. The third kappa shape index (κ3) is 3.00. The first-order valence-electron chi connectivity index (χ1n) is 6.65. The van der Waals surface area contributed by atoms with Gasteiger partial charge in [0.15, 0.2) is 5.82 Å². The molecule has 0 radical (unpaired) electrons. The molecule has 1 amide bonds. The summed E-state index contributed by atoms with van der Waals surface area (Å²) in [5.74, 6) is -0.00400. The summed E-state index contributed by atoms with van der Waals surface area (Å²) >= 11 is 0. The summed E-state index contributed by atoms with van der Waals surface area (Å²) in [7, 11) is 0. The van der Waals surface area contributed by atoms with Gasteiger partial charge in [0.2, 0.25) is 5.91 Å². The van der Waals surface area contributed by atoms with Crippen LogP contribution in [0.1, 0.15) is 25.7 Å². The van der Waals surface area contributed by atoms with Crippen molar-refractivity contribution in [3.8, 4) is 6.01 Å². The number of carbonyl (C=O) groups is 1. The van der Waals surface area contributed by atoms with E-state index in [0.717, 1.165) is 44.6 Å². The second-order valence-corrected chi connectivity index (χ2v) is 5.12. The molecule has 1 aliphatic carbocycles. The molecule has 2 aliphatic rings. The smallest absolute Gasteiger partial charge is 0.316 e. The number of nitrogens with zero attached hydrogens (tertiary/aromatic N) is 3. The van der Waals surface area contributed by atoms with E-state index in [2.05, 4.69) is 9.97 Å². The van der Waals surface area contributed by atoms with Gasteiger partial charge in [-0.3, -0.25) is 4.79 Å². The van der Waals surface area contributed by atoms with E-state index in [-0.39, 0.29) is 23.9 Å². The van der Waals surface area contributed by atoms with E-state index < -0.39 is 5.82 Å². The molecule has 1 atom stereocenters. The van der Waals surface area contributed by atoms with Crippen LogP contribution in [-0.2, 0) is 4.79 Å². The third-order valence-electron chi connectivity index (χ3n) is 3.49. The van der Waals surface area contributed by atoms with Crippen molar-refractivity contribution in [2.24, 2.45) is 5.92 Å². The van der Waals surface area contributed by atoms with Gasteiger partial charge in [-0.1, -0.05) is 0 Å². The highest BCUT2D eigenvalue weighted by Crippen LogP contribution is 2.32. The number of amides is 1. The van der Waals surface area contributed by atoms with E-state index in [9.17, 15) is 9.18 Å². The van der Waals surface area contributed by atoms with Gasteiger partial charge in [0.1, 0.15) is 6.10 Å². The monoisotopic (exact) mass is 265 g/mol. The van der Waals surface area contributed by atoms with Gasteiger partial charge in [0, 0.05) is 12.5 Å². The first-order chi connectivity index (χ1) is 9.22. The average molecular weight is 265 g/mol. The zero-order valence-corrected chi connectivity index (χ0v) is 10.6. The Morgan fingerprint density at radius 1 is 1.32 bits per heavy atom. The lowest BCUT2D eigenvalue weighted by molar-refractivity contribution is -0.135. The van der Waals surface area contributed by atoms with Crippen LogP contribution < -0.4 is 4.74 Å². The Morgan fingerprint density at radius 2 is 2.05 bits per heavy atom. The molecule has 2 fully saturated rings. The van der Waals surface area contributed by atoms with Crippen molar-refractivity contribution >= 4 is 5.91 Å². The molecule has 0 spiro atoms. The normalized spacial score (nSPS) is 23.2. The summed E-state index contributed by atoms with van der Waals surface area (Å²) < 4.78 is 18.3. The molecular formula is C13H16FN3O2. The van der Waals surface area contributed by atoms with Crippen LogP contribution in [-0.4, -0.2) is 40.0 Å². The number of ether oxygens (including phenoxy) is 1. The summed E-state index contributed by atoms with van der Waals surface area (Å²) in [4.78, 5) is 21.4. The van der Waals surface area contributed by atoms with Gasteiger partial charge in [-0.2, -0.15) is 0 Å². The summed E-state index contributed by atoms with van der Waals surface area (Å²) in [5, 5.41) is 0. The van der Waals surface area contributed by atoms with Gasteiger partial charge in [-0.05, 0) is 25.7 Å². The zero-order valence-electron chi connectivity index (χ0n) is 10.6. The predicted octanol–water partition coefficient (Wildman–Crippen LogP) is 1.40. The fourth-order valence-corrected chi connectivity index (χ4v) is 2.33. The number of rotatable bonds is 3. The molecule has 0 aromatic carbocycles. The largest absolute Gasteiger partial charge is 0.458 e. The minimum absolute atomic E-state index is 0.0955. The Kier molecular flexibility index (Phi) is 3.31. The number of carbonyl (C=O) groups excluding carboxylic acids is 1. The van der Waals surface area contributed by atoms with E-state index in [0.29, 0.717) is 6.54 Å². The quantitative estimate of drug-likeness (QED) is 0.829. The highest BCUT2D eigenvalue weighted by Gasteiger charge is 2.35. The lowest BCUT2D eigenvalue weighted by Gasteiger charge is -2.32. The Bertz CT molecular complexity index is 461. The fraction of sp³-hybridized carbons (Fsp3) is 0.615. The van der Waals surface area contributed by atoms with Crippen molar-refractivity contribution < 1.29 is 13.9 Å². The number of aromatic nitrogens is 2. The van der Waals surface area contributed by atoms with E-state index in [1.165, 1.54) is 0 Å². The van der Waals surface area contributed by atoms with Crippen molar-refractivity contribution in [3.05, 3.63) is 18.2 Å². The molecular weight excluding hydrogens is 249 g/mol. The number of likely N-dealkylation sites (tertiary alicyclic amines) is 1. The van der Waals surface area contributed by atoms with Gasteiger partial charge in [-0.15, -0.1) is 0 Å². The zero-order chi connectivity index (χ0) is 13.2. The highest BCUT2D eigenvalue weighted by atomic mass is 19.1. The highest BCUT2D eigenvalue weighted by molar-refractivity contribution is 5.81. The molecule has 102 valence electrons. The Labute approximate surface area is 110 Å². The molecule has 1 aromatic heterocycles. The average Bonchev–Trinajstić information content (AvgIpc) is 3.25. The first kappa shape index (κ1) is 12.3. The minimum atomic E-state index is -0.485. The fourth-order valence-electron chi connectivity index (χ4n) is 2.33. The van der Waals surface area contributed by atoms with Gasteiger partial charge in [0.25, 0.3) is 0 Å². The van der Waals surface area contributed by atoms with Gasteiger partial charge >= 0.3 is 6.01 Å². The number of hydrogen-bond acceptors (Lipinski definition) is 4. The molecule has 1 aromatic rings. The second-order valence-electron chi connectivity index (χ2n) is 5.12. The molecule has 6 heteroatoms. The van der Waals surface area contributed by atoms with E-state index >= 15 is 0 Å². The minimum Gasteiger partial charge on any atom is -0.458 e. The molecule has 1 unspecified atom stereocenters. The Morgan fingerprint density at radius 3 is 2.74 bits per heavy atom. The maximum Gasteiger partial charge on any atom is 0.316 e. The van der Waals surface area contributed by atoms with Crippen LogP contribution >= 0.6 is 0 Å². The summed E-state index contributed by atoms with van der Waals surface area (Å²) in [5.41, 5.74) is 0. The van der Waals surface area contributed by atoms with Gasteiger partial charge < -0.3 is 9.64 Å². The van der Waals surface area contributed by atoms with E-state index in [1.54, 1.807) is 0 Å². The van der Waals surface area contributed by atoms with E-state index in [4.69, 9.17) is 4.74 Å². The summed E-state index contributed by atoms with van der Waals surface area (Å²) in [6.07, 6.45) is 5.89. The van der Waals surface area contributed by atoms with Gasteiger partial charge in [-0.25, -0.2) is 14.4 Å². The van der Waals surface area contributed by atoms with Crippen molar-refractivity contribution in [2.75, 3.05) is 13.1 Å². The van der Waals surface area contributed by atoms with Crippen molar-refractivity contribution in [1.82, 2.24) is 14.9 Å². The second kappa shape index (κ2) is 5.11. The molecule has 1 saturated carbocycles. The molecule has 19 heavy (non-hydrogen) atoms. The van der Waals surface area contributed by atoms with Crippen LogP contribution in [0, 0.1) is 11.7 Å². The molecule has 1 aliphatic heterocycles. The lowest BCUT2D eigenvalue weighted by atomic mass is 10.1. The molecule has 5 nitrogen and oxygen atoms in total. The standard InChI is InChI=1S/C13H16FN3O2/c14-10-6-15-13(16-7-10)19-11-2-1-5-17(8-11)12(18)9-3-4-9/h6-7,9,11H,1-5,8H2. The topological polar surface area (TPSA) is 55.3 Å². The molecule has 0 bridgehead atoms. The summed E-state index contributed by atoms with van der Waals surface area (Å²) in [6, 6.07) is 0.173. The van der Waals surface area contributed by atoms with Crippen LogP contribution in [0.2, 0.25) is 0 Å². The Hall–Kier alpha value is -1.72. The lowest BCUT2D eigenvalue weighted by Crippen LogP contribution is -2.45. The van der Waals surface area contributed by atoms with Crippen molar-refractivity contribution in [1.29, 1.82) is 0 Å². The van der Waals surface area contributed by atoms with Crippen LogP contribution in [0.4, 0.5) is 4.39 Å². The van der Waals surface area contributed by atoms with Crippen LogP contribution in [0.3, 0.4) is 0 Å². The third-order valence-corrected chi connectivity index (χ3v) is 3.49. The van der Waals surface area contributed by atoms with Crippen LogP contribution in [0.25, 0.3) is 0 Å². The van der Waals surface area contributed by atoms with Crippen molar-refractivity contribution in [2.45, 2.75) is 31.8 Å². The summed E-state index contributed by atoms with van der Waals surface area (Å²) in [6.45, 7) is 1.38. The van der Waals surface area contributed by atoms with Crippen LogP contribution in [0.15, 0.2) is 12.4 Å².